The molecule has 0 atom stereocenters. The van der Waals surface area contributed by atoms with E-state index in [9.17, 15) is 4.79 Å². The number of primary amides is 1. The lowest BCUT2D eigenvalue weighted by atomic mass is 10.1. The van der Waals surface area contributed by atoms with Crippen LogP contribution in [0.15, 0.2) is 22.9 Å². The number of pyridine rings is 1. The number of nitrogens with zero attached hydrogens (tertiary/aromatic N) is 3. The molecule has 0 aliphatic carbocycles. The number of rotatable bonds is 3. The Morgan fingerprint density at radius 1 is 1.41 bits per heavy atom. The van der Waals surface area contributed by atoms with Gasteiger partial charge in [-0.1, -0.05) is 19.0 Å². The van der Waals surface area contributed by atoms with E-state index < -0.39 is 5.91 Å². The SMILES string of the molecule is CC(C)c1ccc(-c2noc(C(N)=O)n2)cn1. The molecule has 17 heavy (non-hydrogen) atoms. The molecule has 0 fully saturated rings. The Kier molecular flexibility index (Phi) is 2.86. The van der Waals surface area contributed by atoms with Gasteiger partial charge in [0.25, 0.3) is 0 Å². The molecule has 2 rings (SSSR count). The van der Waals surface area contributed by atoms with Crippen molar-refractivity contribution in [3.63, 3.8) is 0 Å². The summed E-state index contributed by atoms with van der Waals surface area (Å²) in [6.45, 7) is 4.11. The molecule has 0 saturated carbocycles. The van der Waals surface area contributed by atoms with Gasteiger partial charge in [0.2, 0.25) is 5.82 Å². The topological polar surface area (TPSA) is 94.9 Å². The van der Waals surface area contributed by atoms with Gasteiger partial charge >= 0.3 is 11.8 Å². The summed E-state index contributed by atoms with van der Waals surface area (Å²) in [5.74, 6) is -0.277. The molecule has 6 heteroatoms. The minimum absolute atomic E-state index is 0.201. The molecular weight excluding hydrogens is 220 g/mol. The molecule has 0 unspecified atom stereocenters. The molecule has 0 aliphatic heterocycles. The molecule has 2 aromatic heterocycles. The van der Waals surface area contributed by atoms with Crippen molar-refractivity contribution in [2.24, 2.45) is 5.73 Å². The maximum atomic E-state index is 10.8. The molecule has 2 heterocycles. The molecule has 0 bridgehead atoms. The van der Waals surface area contributed by atoms with Crippen LogP contribution in [0.1, 0.15) is 36.1 Å². The largest absolute Gasteiger partial charge is 0.361 e. The number of nitrogens with two attached hydrogens (primary N) is 1. The van der Waals surface area contributed by atoms with E-state index in [2.05, 4.69) is 29.0 Å². The number of hydrogen-bond acceptors (Lipinski definition) is 5. The summed E-state index contributed by atoms with van der Waals surface area (Å²) in [5.41, 5.74) is 6.68. The van der Waals surface area contributed by atoms with Crippen LogP contribution in [0.4, 0.5) is 0 Å². The van der Waals surface area contributed by atoms with Crippen molar-refractivity contribution in [3.8, 4) is 11.4 Å². The molecule has 0 aromatic carbocycles. The summed E-state index contributed by atoms with van der Waals surface area (Å²) in [7, 11) is 0. The van der Waals surface area contributed by atoms with Crippen molar-refractivity contribution >= 4 is 5.91 Å². The predicted octanol–water partition coefficient (Wildman–Crippen LogP) is 1.35. The lowest BCUT2D eigenvalue weighted by molar-refractivity contribution is 0.0958. The van der Waals surface area contributed by atoms with Gasteiger partial charge in [-0.15, -0.1) is 0 Å². The van der Waals surface area contributed by atoms with E-state index in [0.717, 1.165) is 5.69 Å². The number of carbonyl (C=O) groups excluding carboxylic acids is 1. The van der Waals surface area contributed by atoms with Crippen LogP contribution in [0.2, 0.25) is 0 Å². The van der Waals surface area contributed by atoms with Gasteiger partial charge in [0.05, 0.1) is 0 Å². The van der Waals surface area contributed by atoms with Crippen LogP contribution >= 0.6 is 0 Å². The average molecular weight is 232 g/mol. The predicted molar refractivity (Wildman–Crippen MR) is 60.1 cm³/mol. The molecule has 0 spiro atoms. The summed E-state index contributed by atoms with van der Waals surface area (Å²) >= 11 is 0. The maximum Gasteiger partial charge on any atom is 0.316 e. The Bertz CT molecular complexity index is 531. The highest BCUT2D eigenvalue weighted by Crippen LogP contribution is 2.17. The average Bonchev–Trinajstić information content (AvgIpc) is 2.78. The van der Waals surface area contributed by atoms with Crippen molar-refractivity contribution in [3.05, 3.63) is 29.9 Å². The molecule has 6 nitrogen and oxygen atoms in total. The monoisotopic (exact) mass is 232 g/mol. The maximum absolute atomic E-state index is 10.8. The number of aromatic nitrogens is 3. The normalized spacial score (nSPS) is 10.8. The van der Waals surface area contributed by atoms with E-state index >= 15 is 0 Å². The van der Waals surface area contributed by atoms with Gasteiger partial charge in [0.15, 0.2) is 0 Å². The van der Waals surface area contributed by atoms with Crippen LogP contribution in [0.5, 0.6) is 0 Å². The minimum atomic E-state index is -0.740. The standard InChI is InChI=1S/C11H12N4O2/c1-6(2)8-4-3-7(5-13-8)10-14-11(9(12)16)17-15-10/h3-6H,1-2H3,(H2,12,16). The summed E-state index contributed by atoms with van der Waals surface area (Å²) in [6.07, 6.45) is 1.64. The quantitative estimate of drug-likeness (QED) is 0.861. The lowest BCUT2D eigenvalue weighted by Crippen LogP contribution is -2.11. The Hall–Kier alpha value is -2.24. The first-order valence-corrected chi connectivity index (χ1v) is 5.17. The van der Waals surface area contributed by atoms with Gasteiger partial charge in [0, 0.05) is 17.5 Å². The number of hydrogen-bond donors (Lipinski definition) is 1. The van der Waals surface area contributed by atoms with Crippen molar-refractivity contribution < 1.29 is 9.32 Å². The zero-order valence-electron chi connectivity index (χ0n) is 9.54. The second kappa shape index (κ2) is 4.32. The molecule has 2 aromatic rings. The highest BCUT2D eigenvalue weighted by atomic mass is 16.5. The molecule has 88 valence electrons. The van der Waals surface area contributed by atoms with E-state index in [1.807, 2.05) is 12.1 Å². The second-order valence-corrected chi connectivity index (χ2v) is 3.91. The van der Waals surface area contributed by atoms with Crippen LogP contribution in [0, 0.1) is 0 Å². The summed E-state index contributed by atoms with van der Waals surface area (Å²) < 4.78 is 4.69. The fraction of sp³-hybridized carbons (Fsp3) is 0.273. The summed E-state index contributed by atoms with van der Waals surface area (Å²) in [4.78, 5) is 18.9. The van der Waals surface area contributed by atoms with Crippen LogP contribution in [-0.4, -0.2) is 21.0 Å². The van der Waals surface area contributed by atoms with Crippen LogP contribution in [-0.2, 0) is 0 Å². The molecule has 2 N–H and O–H groups in total. The van der Waals surface area contributed by atoms with E-state index in [0.29, 0.717) is 17.3 Å². The Labute approximate surface area is 97.9 Å². The van der Waals surface area contributed by atoms with Gasteiger partial charge in [-0.3, -0.25) is 9.78 Å². The second-order valence-electron chi connectivity index (χ2n) is 3.91. The first kappa shape index (κ1) is 11.3. The lowest BCUT2D eigenvalue weighted by Gasteiger charge is -2.03. The Morgan fingerprint density at radius 2 is 2.18 bits per heavy atom. The van der Waals surface area contributed by atoms with Gasteiger partial charge in [-0.25, -0.2) is 0 Å². The van der Waals surface area contributed by atoms with E-state index in [-0.39, 0.29) is 5.89 Å². The van der Waals surface area contributed by atoms with Crippen molar-refractivity contribution in [2.45, 2.75) is 19.8 Å². The zero-order chi connectivity index (χ0) is 12.4. The first-order chi connectivity index (χ1) is 8.08. The zero-order valence-corrected chi connectivity index (χ0v) is 9.54. The third-order valence-corrected chi connectivity index (χ3v) is 2.27. The highest BCUT2D eigenvalue weighted by molar-refractivity contribution is 5.88. The molecule has 0 aliphatic rings. The first-order valence-electron chi connectivity index (χ1n) is 5.17. The van der Waals surface area contributed by atoms with Crippen molar-refractivity contribution in [2.75, 3.05) is 0 Å². The summed E-state index contributed by atoms with van der Waals surface area (Å²) in [6, 6.07) is 3.72. The number of carbonyl (C=O) groups is 1. The van der Waals surface area contributed by atoms with Gasteiger partial charge in [0.1, 0.15) is 0 Å². The van der Waals surface area contributed by atoms with Gasteiger partial charge < -0.3 is 10.3 Å². The van der Waals surface area contributed by atoms with E-state index in [1.54, 1.807) is 6.20 Å². The highest BCUT2D eigenvalue weighted by Gasteiger charge is 2.13. The fourth-order valence-electron chi connectivity index (χ4n) is 1.32. The third kappa shape index (κ3) is 2.30. The third-order valence-electron chi connectivity index (χ3n) is 2.27. The molecule has 0 saturated heterocycles. The Morgan fingerprint density at radius 3 is 2.65 bits per heavy atom. The number of amides is 1. The smallest absolute Gasteiger partial charge is 0.316 e. The van der Waals surface area contributed by atoms with Crippen molar-refractivity contribution in [1.29, 1.82) is 0 Å². The molecule has 1 amide bonds. The van der Waals surface area contributed by atoms with E-state index in [4.69, 9.17) is 10.3 Å². The van der Waals surface area contributed by atoms with Gasteiger partial charge in [-0.2, -0.15) is 4.98 Å². The summed E-state index contributed by atoms with van der Waals surface area (Å²) in [5, 5.41) is 3.66. The molecule has 0 radical (unpaired) electrons. The van der Waals surface area contributed by atoms with Crippen LogP contribution < -0.4 is 5.73 Å². The van der Waals surface area contributed by atoms with E-state index in [1.165, 1.54) is 0 Å². The Balaban J connectivity index is 2.30. The van der Waals surface area contributed by atoms with Gasteiger partial charge in [-0.05, 0) is 18.1 Å². The minimum Gasteiger partial charge on any atom is -0.361 e. The van der Waals surface area contributed by atoms with Crippen LogP contribution in [0.3, 0.4) is 0 Å². The molecular formula is C11H12N4O2. The fourth-order valence-corrected chi connectivity index (χ4v) is 1.32. The van der Waals surface area contributed by atoms with Crippen LogP contribution in [0.25, 0.3) is 11.4 Å². The van der Waals surface area contributed by atoms with Crippen molar-refractivity contribution in [1.82, 2.24) is 15.1 Å².